The van der Waals surface area contributed by atoms with Gasteiger partial charge in [-0.05, 0) is 50.2 Å². The Morgan fingerprint density at radius 1 is 1.03 bits per heavy atom. The number of anilines is 2. The van der Waals surface area contributed by atoms with E-state index >= 15 is 0 Å². The van der Waals surface area contributed by atoms with Gasteiger partial charge >= 0.3 is 0 Å². The third-order valence-corrected chi connectivity index (χ3v) is 6.88. The van der Waals surface area contributed by atoms with Crippen LogP contribution < -0.4 is 10.0 Å². The number of benzene rings is 1. The minimum atomic E-state index is -3.51. The van der Waals surface area contributed by atoms with Gasteiger partial charge in [0, 0.05) is 44.2 Å². The fraction of sp³-hybridized carbons (Fsp3) is 0.125. The predicted octanol–water partition coefficient (Wildman–Crippen LogP) is 5.91. The number of carbonyl (C=O) groups excluding carboxylic acids is 1. The number of rotatable bonds is 6. The summed E-state index contributed by atoms with van der Waals surface area (Å²) in [5.74, 6) is -0.879. The smallest absolute Gasteiger partial charge is 0.265 e. The highest BCUT2D eigenvalue weighted by Gasteiger charge is 2.20. The average Bonchev–Trinajstić information content (AvgIpc) is 3.14. The molecule has 0 spiro atoms. The molecule has 0 radical (unpaired) electrons. The van der Waals surface area contributed by atoms with Gasteiger partial charge in [-0.2, -0.15) is 0 Å². The van der Waals surface area contributed by atoms with Crippen LogP contribution in [0.3, 0.4) is 0 Å². The number of aryl methyl sites for hydroxylation is 2. The van der Waals surface area contributed by atoms with E-state index in [1.807, 2.05) is 19.9 Å². The van der Waals surface area contributed by atoms with Crippen molar-refractivity contribution in [1.29, 1.82) is 0 Å². The quantitative estimate of drug-likeness (QED) is 0.323. The zero-order valence-electron chi connectivity index (χ0n) is 18.9. The van der Waals surface area contributed by atoms with E-state index in [0.29, 0.717) is 27.4 Å². The van der Waals surface area contributed by atoms with Crippen molar-refractivity contribution in [1.82, 2.24) is 9.97 Å². The van der Waals surface area contributed by atoms with E-state index in [1.165, 1.54) is 35.6 Å². The lowest BCUT2D eigenvalue weighted by Crippen LogP contribution is -2.12. The molecule has 0 aliphatic heterocycles. The fourth-order valence-electron chi connectivity index (χ4n) is 3.58. The standard InChI is InChI=1S/C24H20ClFN4O3S2/c1-13-19(5-4-6-27-13)21-9-16(26)12-28-23(21)20-11-22(34-14(20)2)24(31)29-17-7-15(25)8-18(10-17)30-35(3,32)33/h4-12,30H,1-3H3,(H,29,31). The third-order valence-electron chi connectivity index (χ3n) is 5.01. The topological polar surface area (TPSA) is 101 Å². The molecule has 3 heterocycles. The van der Waals surface area contributed by atoms with Crippen LogP contribution in [0.1, 0.15) is 20.2 Å². The molecule has 0 atom stereocenters. The maximum atomic E-state index is 14.1. The van der Waals surface area contributed by atoms with Crippen LogP contribution in [0, 0.1) is 19.7 Å². The Balaban J connectivity index is 1.68. The molecule has 1 amide bonds. The van der Waals surface area contributed by atoms with Crippen molar-refractivity contribution in [2.45, 2.75) is 13.8 Å². The van der Waals surface area contributed by atoms with Gasteiger partial charge in [-0.25, -0.2) is 12.8 Å². The van der Waals surface area contributed by atoms with Gasteiger partial charge in [0.15, 0.2) is 0 Å². The largest absolute Gasteiger partial charge is 0.321 e. The van der Waals surface area contributed by atoms with Crippen molar-refractivity contribution >= 4 is 50.2 Å². The van der Waals surface area contributed by atoms with Crippen molar-refractivity contribution in [2.75, 3.05) is 16.3 Å². The van der Waals surface area contributed by atoms with Gasteiger partial charge in [0.1, 0.15) is 5.82 Å². The third kappa shape index (κ3) is 5.84. The molecular formula is C24H20ClFN4O3S2. The van der Waals surface area contributed by atoms with Crippen molar-refractivity contribution < 1.29 is 17.6 Å². The highest BCUT2D eigenvalue weighted by Crippen LogP contribution is 2.37. The van der Waals surface area contributed by atoms with Crippen molar-refractivity contribution in [3.8, 4) is 22.4 Å². The minimum Gasteiger partial charge on any atom is -0.321 e. The molecule has 1 aromatic carbocycles. The molecule has 180 valence electrons. The van der Waals surface area contributed by atoms with Crippen LogP contribution in [-0.2, 0) is 10.0 Å². The van der Waals surface area contributed by atoms with E-state index in [4.69, 9.17) is 11.6 Å². The number of thiophene rings is 1. The van der Waals surface area contributed by atoms with Gasteiger partial charge in [-0.3, -0.25) is 19.5 Å². The number of hydrogen-bond acceptors (Lipinski definition) is 6. The second kappa shape index (κ2) is 9.73. The Morgan fingerprint density at radius 2 is 1.77 bits per heavy atom. The molecule has 7 nitrogen and oxygen atoms in total. The van der Waals surface area contributed by atoms with Gasteiger partial charge in [0.25, 0.3) is 5.91 Å². The minimum absolute atomic E-state index is 0.227. The molecule has 0 saturated carbocycles. The van der Waals surface area contributed by atoms with E-state index in [2.05, 4.69) is 20.0 Å². The number of nitrogens with zero attached hydrogens (tertiary/aromatic N) is 2. The second-order valence-corrected chi connectivity index (χ2v) is 11.3. The molecule has 0 aliphatic carbocycles. The summed E-state index contributed by atoms with van der Waals surface area (Å²) in [4.78, 5) is 22.9. The number of amides is 1. The number of hydrogen-bond donors (Lipinski definition) is 2. The van der Waals surface area contributed by atoms with Gasteiger partial charge in [0.2, 0.25) is 10.0 Å². The highest BCUT2D eigenvalue weighted by molar-refractivity contribution is 7.92. The Bertz CT molecular complexity index is 1550. The van der Waals surface area contributed by atoms with Gasteiger partial charge in [0.05, 0.1) is 28.7 Å². The number of sulfonamides is 1. The zero-order chi connectivity index (χ0) is 25.3. The summed E-state index contributed by atoms with van der Waals surface area (Å²) in [7, 11) is -3.51. The molecule has 4 aromatic rings. The van der Waals surface area contributed by atoms with Crippen LogP contribution >= 0.6 is 22.9 Å². The molecule has 0 saturated heterocycles. The first-order valence-electron chi connectivity index (χ1n) is 10.3. The van der Waals surface area contributed by atoms with Crippen LogP contribution in [0.15, 0.2) is 54.9 Å². The van der Waals surface area contributed by atoms with E-state index in [-0.39, 0.29) is 10.7 Å². The number of carbonyl (C=O) groups is 1. The Labute approximate surface area is 211 Å². The number of aromatic nitrogens is 2. The summed E-state index contributed by atoms with van der Waals surface area (Å²) in [5.41, 5.74) is 3.84. The normalized spacial score (nSPS) is 11.3. The van der Waals surface area contributed by atoms with Crippen LogP contribution in [0.4, 0.5) is 15.8 Å². The van der Waals surface area contributed by atoms with Crippen LogP contribution in [0.2, 0.25) is 5.02 Å². The molecule has 11 heteroatoms. The number of pyridine rings is 2. The van der Waals surface area contributed by atoms with E-state index in [1.54, 1.807) is 18.3 Å². The van der Waals surface area contributed by atoms with Crippen molar-refractivity contribution in [3.05, 3.63) is 81.1 Å². The maximum Gasteiger partial charge on any atom is 0.265 e. The SMILES string of the molecule is Cc1ncccc1-c1cc(F)cnc1-c1cc(C(=O)Nc2cc(Cl)cc(NS(C)(=O)=O)c2)sc1C. The van der Waals surface area contributed by atoms with Crippen LogP contribution in [0.5, 0.6) is 0 Å². The van der Waals surface area contributed by atoms with Crippen molar-refractivity contribution in [2.24, 2.45) is 0 Å². The van der Waals surface area contributed by atoms with Gasteiger partial charge < -0.3 is 5.32 Å². The summed E-state index contributed by atoms with van der Waals surface area (Å²) in [6, 6.07) is 11.1. The molecular weight excluding hydrogens is 511 g/mol. The number of halogens is 2. The van der Waals surface area contributed by atoms with Crippen LogP contribution in [0.25, 0.3) is 22.4 Å². The fourth-order valence-corrected chi connectivity index (χ4v) is 5.28. The summed E-state index contributed by atoms with van der Waals surface area (Å²) < 4.78 is 39.5. The molecule has 0 unspecified atom stereocenters. The van der Waals surface area contributed by atoms with E-state index in [0.717, 1.165) is 28.6 Å². The molecule has 0 bridgehead atoms. The monoisotopic (exact) mass is 530 g/mol. The first-order valence-corrected chi connectivity index (χ1v) is 13.4. The summed E-state index contributed by atoms with van der Waals surface area (Å²) in [6.07, 6.45) is 3.83. The van der Waals surface area contributed by atoms with Gasteiger partial charge in [-0.15, -0.1) is 11.3 Å². The summed E-state index contributed by atoms with van der Waals surface area (Å²) in [6.45, 7) is 3.69. The van der Waals surface area contributed by atoms with Crippen LogP contribution in [-0.4, -0.2) is 30.5 Å². The predicted molar refractivity (Wildman–Crippen MR) is 138 cm³/mol. The molecule has 0 fully saturated rings. The lowest BCUT2D eigenvalue weighted by Gasteiger charge is -2.11. The molecule has 2 N–H and O–H groups in total. The maximum absolute atomic E-state index is 14.1. The van der Waals surface area contributed by atoms with Gasteiger partial charge in [-0.1, -0.05) is 17.7 Å². The first kappa shape index (κ1) is 24.8. The number of nitrogens with one attached hydrogen (secondary N) is 2. The average molecular weight is 531 g/mol. The Kier molecular flexibility index (Phi) is 6.88. The Hall–Kier alpha value is -3.34. The second-order valence-electron chi connectivity index (χ2n) is 7.82. The lowest BCUT2D eigenvalue weighted by atomic mass is 9.98. The molecule has 0 aliphatic rings. The van der Waals surface area contributed by atoms with E-state index in [9.17, 15) is 17.6 Å². The summed E-state index contributed by atoms with van der Waals surface area (Å²) >= 11 is 7.35. The highest BCUT2D eigenvalue weighted by atomic mass is 35.5. The lowest BCUT2D eigenvalue weighted by molar-refractivity contribution is 0.103. The molecule has 3 aromatic heterocycles. The molecule has 4 rings (SSSR count). The Morgan fingerprint density at radius 3 is 2.49 bits per heavy atom. The van der Waals surface area contributed by atoms with Crippen molar-refractivity contribution in [3.63, 3.8) is 0 Å². The first-order chi connectivity index (χ1) is 16.5. The summed E-state index contributed by atoms with van der Waals surface area (Å²) in [5, 5.41) is 3.00. The van der Waals surface area contributed by atoms with E-state index < -0.39 is 21.7 Å². The zero-order valence-corrected chi connectivity index (χ0v) is 21.3. The molecule has 35 heavy (non-hydrogen) atoms.